The third kappa shape index (κ3) is 4.30. The summed E-state index contributed by atoms with van der Waals surface area (Å²) in [4.78, 5) is 2.35. The monoisotopic (exact) mass is 448 g/mol. The fraction of sp³-hybridized carbons (Fsp3) is 0.200. The van der Waals surface area contributed by atoms with Crippen LogP contribution in [-0.2, 0) is 16.0 Å². The largest absolute Gasteiger partial charge is 0.372 e. The van der Waals surface area contributed by atoms with Gasteiger partial charge in [0.15, 0.2) is 0 Å². The second kappa shape index (κ2) is 9.34. The molecule has 2 unspecified atom stereocenters. The number of nitrogens with zero attached hydrogens (tertiary/aromatic N) is 2. The number of aromatic nitrogens is 1. The number of epoxide rings is 1. The number of rotatable bonds is 9. The van der Waals surface area contributed by atoms with E-state index in [2.05, 4.69) is 119 Å². The zero-order chi connectivity index (χ0) is 22.7. The molecule has 0 spiro atoms. The van der Waals surface area contributed by atoms with Gasteiger partial charge in [0.25, 0.3) is 0 Å². The molecule has 6 rings (SSSR count). The molecule has 1 fully saturated rings. The number of anilines is 2. The average Bonchev–Trinajstić information content (AvgIpc) is 3.69. The molecule has 34 heavy (non-hydrogen) atoms. The van der Waals surface area contributed by atoms with Crippen molar-refractivity contribution in [3.05, 3.63) is 109 Å². The maximum atomic E-state index is 6.52. The quantitative estimate of drug-likeness (QED) is 0.244. The lowest BCUT2D eigenvalue weighted by molar-refractivity contribution is 0.0389. The Morgan fingerprint density at radius 1 is 0.735 bits per heavy atom. The molecule has 4 aromatic carbocycles. The van der Waals surface area contributed by atoms with Crippen molar-refractivity contribution in [2.45, 2.75) is 18.8 Å². The molecule has 0 saturated carbocycles. The maximum absolute atomic E-state index is 6.52. The van der Waals surface area contributed by atoms with Gasteiger partial charge in [-0.1, -0.05) is 72.8 Å². The van der Waals surface area contributed by atoms with Crippen LogP contribution in [0.3, 0.4) is 0 Å². The normalized spacial score (nSPS) is 16.1. The fourth-order valence-electron chi connectivity index (χ4n) is 4.75. The van der Waals surface area contributed by atoms with Crippen molar-refractivity contribution in [1.29, 1.82) is 0 Å². The molecule has 0 N–H and O–H groups in total. The predicted octanol–water partition coefficient (Wildman–Crippen LogP) is 6.42. The van der Waals surface area contributed by atoms with Gasteiger partial charge in [-0.15, -0.1) is 0 Å². The molecule has 0 bridgehead atoms. The first-order valence-corrected chi connectivity index (χ1v) is 11.9. The third-order valence-electron chi connectivity index (χ3n) is 6.51. The van der Waals surface area contributed by atoms with E-state index in [1.54, 1.807) is 0 Å². The summed E-state index contributed by atoms with van der Waals surface area (Å²) in [6, 6.07) is 38.4. The minimum atomic E-state index is -0.0242. The van der Waals surface area contributed by atoms with Crippen LogP contribution in [0.2, 0.25) is 0 Å². The first-order valence-electron chi connectivity index (χ1n) is 11.9. The second-order valence-electron chi connectivity index (χ2n) is 8.84. The van der Waals surface area contributed by atoms with Crippen molar-refractivity contribution in [3.63, 3.8) is 0 Å². The zero-order valence-corrected chi connectivity index (χ0v) is 19.1. The van der Waals surface area contributed by atoms with Gasteiger partial charge < -0.3 is 18.9 Å². The van der Waals surface area contributed by atoms with Gasteiger partial charge in [-0.3, -0.25) is 0 Å². The molecule has 4 heteroatoms. The van der Waals surface area contributed by atoms with Crippen LogP contribution >= 0.6 is 0 Å². The van der Waals surface area contributed by atoms with Gasteiger partial charge in [0.05, 0.1) is 32.4 Å². The van der Waals surface area contributed by atoms with E-state index in [1.807, 2.05) is 0 Å². The van der Waals surface area contributed by atoms with Crippen LogP contribution in [0, 0.1) is 0 Å². The summed E-state index contributed by atoms with van der Waals surface area (Å²) in [5, 5.41) is 2.57. The van der Waals surface area contributed by atoms with Crippen molar-refractivity contribution in [2.24, 2.45) is 0 Å². The molecule has 5 aromatic rings. The van der Waals surface area contributed by atoms with Crippen molar-refractivity contribution >= 4 is 33.2 Å². The van der Waals surface area contributed by atoms with Gasteiger partial charge in [-0.2, -0.15) is 0 Å². The Bertz CT molecular complexity index is 1280. The fourth-order valence-corrected chi connectivity index (χ4v) is 4.75. The lowest BCUT2D eigenvalue weighted by Crippen LogP contribution is -2.35. The van der Waals surface area contributed by atoms with Gasteiger partial charge >= 0.3 is 0 Å². The Kier molecular flexibility index (Phi) is 5.76. The van der Waals surface area contributed by atoms with Crippen molar-refractivity contribution < 1.29 is 9.47 Å². The number of fused-ring (bicyclic) bond motifs is 3. The van der Waals surface area contributed by atoms with E-state index >= 15 is 0 Å². The van der Waals surface area contributed by atoms with Crippen molar-refractivity contribution in [1.82, 2.24) is 4.57 Å². The van der Waals surface area contributed by atoms with Gasteiger partial charge in [0, 0.05) is 33.2 Å². The summed E-state index contributed by atoms with van der Waals surface area (Å²) in [7, 11) is 0. The molecule has 1 aliphatic heterocycles. The molecule has 2 atom stereocenters. The number of hydrogen-bond acceptors (Lipinski definition) is 3. The Labute approximate surface area is 199 Å². The number of para-hydroxylation sites is 4. The molecule has 1 saturated heterocycles. The van der Waals surface area contributed by atoms with Crippen LogP contribution in [0.25, 0.3) is 21.8 Å². The number of ether oxygens (including phenoxy) is 2. The van der Waals surface area contributed by atoms with E-state index in [-0.39, 0.29) is 12.2 Å². The molecular weight excluding hydrogens is 420 g/mol. The summed E-state index contributed by atoms with van der Waals surface area (Å²) in [5.41, 5.74) is 4.80. The standard InChI is InChI=1S/C30H28N2O2/c1-3-11-23(12-4-1)31(24-13-5-2-6-14-24)19-25(33-21-26-22-34-26)20-32-29-17-9-7-15-27(29)28-16-8-10-18-30(28)32/h1-18,25-26H,19-22H2. The smallest absolute Gasteiger partial charge is 0.104 e. The van der Waals surface area contributed by atoms with E-state index in [4.69, 9.17) is 9.47 Å². The summed E-state index contributed by atoms with van der Waals surface area (Å²) < 4.78 is 14.4. The Morgan fingerprint density at radius 3 is 1.76 bits per heavy atom. The highest BCUT2D eigenvalue weighted by Gasteiger charge is 2.26. The van der Waals surface area contributed by atoms with E-state index in [0.717, 1.165) is 31.1 Å². The van der Waals surface area contributed by atoms with E-state index in [1.165, 1.54) is 21.8 Å². The SMILES string of the molecule is c1ccc(N(CC(Cn2c3ccccc3c3ccccc32)OCC2CO2)c2ccccc2)cc1. The van der Waals surface area contributed by atoms with Crippen LogP contribution in [0.15, 0.2) is 109 Å². The lowest BCUT2D eigenvalue weighted by Gasteiger charge is -2.30. The van der Waals surface area contributed by atoms with E-state index < -0.39 is 0 Å². The van der Waals surface area contributed by atoms with Crippen LogP contribution in [0.5, 0.6) is 0 Å². The van der Waals surface area contributed by atoms with E-state index in [0.29, 0.717) is 6.61 Å². The summed E-state index contributed by atoms with van der Waals surface area (Å²) in [5.74, 6) is 0. The first kappa shape index (κ1) is 21.0. The van der Waals surface area contributed by atoms with Crippen molar-refractivity contribution in [2.75, 3.05) is 24.7 Å². The van der Waals surface area contributed by atoms with Gasteiger partial charge in [0.1, 0.15) is 6.10 Å². The molecule has 1 aliphatic rings. The second-order valence-corrected chi connectivity index (χ2v) is 8.84. The topological polar surface area (TPSA) is 29.9 Å². The molecule has 0 radical (unpaired) electrons. The van der Waals surface area contributed by atoms with Crippen LogP contribution in [-0.4, -0.2) is 36.5 Å². The lowest BCUT2D eigenvalue weighted by atomic mass is 10.2. The number of benzene rings is 4. The van der Waals surface area contributed by atoms with Crippen molar-refractivity contribution in [3.8, 4) is 0 Å². The minimum Gasteiger partial charge on any atom is -0.372 e. The van der Waals surface area contributed by atoms with Crippen LogP contribution in [0.1, 0.15) is 0 Å². The molecular formula is C30H28N2O2. The third-order valence-corrected chi connectivity index (χ3v) is 6.51. The molecule has 0 aliphatic carbocycles. The molecule has 1 aromatic heterocycles. The minimum absolute atomic E-state index is 0.0242. The highest BCUT2D eigenvalue weighted by Crippen LogP contribution is 2.31. The summed E-state index contributed by atoms with van der Waals surface area (Å²) in [6.07, 6.45) is 0.200. The maximum Gasteiger partial charge on any atom is 0.104 e. The summed E-state index contributed by atoms with van der Waals surface area (Å²) in [6.45, 7) is 2.92. The highest BCUT2D eigenvalue weighted by atomic mass is 16.6. The highest BCUT2D eigenvalue weighted by molar-refractivity contribution is 6.07. The molecule has 2 heterocycles. The van der Waals surface area contributed by atoms with E-state index in [9.17, 15) is 0 Å². The molecule has 170 valence electrons. The van der Waals surface area contributed by atoms with Gasteiger partial charge in [-0.25, -0.2) is 0 Å². The van der Waals surface area contributed by atoms with Gasteiger partial charge in [-0.05, 0) is 36.4 Å². The average molecular weight is 449 g/mol. The number of hydrogen-bond donors (Lipinski definition) is 0. The Balaban J connectivity index is 1.38. The Hall–Kier alpha value is -3.60. The molecule has 4 nitrogen and oxygen atoms in total. The van der Waals surface area contributed by atoms with Crippen LogP contribution in [0.4, 0.5) is 11.4 Å². The first-order chi connectivity index (χ1) is 16.9. The predicted molar refractivity (Wildman–Crippen MR) is 139 cm³/mol. The van der Waals surface area contributed by atoms with Crippen LogP contribution < -0.4 is 4.90 Å². The Morgan fingerprint density at radius 2 is 1.24 bits per heavy atom. The zero-order valence-electron chi connectivity index (χ0n) is 19.1. The van der Waals surface area contributed by atoms with Gasteiger partial charge in [0.2, 0.25) is 0 Å². The summed E-state index contributed by atoms with van der Waals surface area (Å²) >= 11 is 0. The molecule has 0 amide bonds.